The van der Waals surface area contributed by atoms with Gasteiger partial charge in [-0.25, -0.2) is 4.79 Å². The van der Waals surface area contributed by atoms with E-state index in [2.05, 4.69) is 60.7 Å². The Morgan fingerprint density at radius 2 is 1.68 bits per heavy atom. The van der Waals surface area contributed by atoms with Crippen LogP contribution in [0.2, 0.25) is 0 Å². The summed E-state index contributed by atoms with van der Waals surface area (Å²) in [4.78, 5) is 19.5. The van der Waals surface area contributed by atoms with Crippen LogP contribution in [0.1, 0.15) is 55.8 Å². The van der Waals surface area contributed by atoms with Crippen LogP contribution in [-0.2, 0) is 17.6 Å². The van der Waals surface area contributed by atoms with E-state index in [1.165, 1.54) is 11.1 Å². The zero-order valence-corrected chi connectivity index (χ0v) is 20.3. The molecule has 1 aliphatic heterocycles. The lowest BCUT2D eigenvalue weighted by molar-refractivity contribution is 0.174. The molecular formula is C27H32N4O3. The quantitative estimate of drug-likeness (QED) is 0.433. The first-order valence-electron chi connectivity index (χ1n) is 11.9. The summed E-state index contributed by atoms with van der Waals surface area (Å²) < 4.78 is 11.0. The van der Waals surface area contributed by atoms with Crippen LogP contribution in [0.4, 0.5) is 4.79 Å². The Labute approximate surface area is 200 Å². The van der Waals surface area contributed by atoms with Gasteiger partial charge in [-0.05, 0) is 42.9 Å². The van der Waals surface area contributed by atoms with Gasteiger partial charge < -0.3 is 14.6 Å². The highest BCUT2D eigenvalue weighted by Crippen LogP contribution is 2.37. The molecule has 0 radical (unpaired) electrons. The molecule has 1 unspecified atom stereocenters. The third kappa shape index (κ3) is 4.89. The lowest BCUT2D eigenvalue weighted by atomic mass is 9.93. The van der Waals surface area contributed by atoms with Gasteiger partial charge in [-0.2, -0.15) is 4.98 Å². The van der Waals surface area contributed by atoms with Crippen molar-refractivity contribution in [3.05, 3.63) is 76.8 Å². The van der Waals surface area contributed by atoms with Gasteiger partial charge in [0.2, 0.25) is 5.82 Å². The molecule has 1 atom stereocenters. The van der Waals surface area contributed by atoms with Crippen LogP contribution in [0.15, 0.2) is 58.8 Å². The second-order valence-corrected chi connectivity index (χ2v) is 8.45. The Balaban J connectivity index is 1.74. The van der Waals surface area contributed by atoms with Crippen LogP contribution in [0, 0.1) is 0 Å². The maximum absolute atomic E-state index is 13.0. The van der Waals surface area contributed by atoms with Gasteiger partial charge in [0.25, 0.3) is 5.89 Å². The van der Waals surface area contributed by atoms with Crippen LogP contribution in [0.5, 0.6) is 0 Å². The number of rotatable bonds is 9. The normalized spacial score (nSPS) is 16.2. The number of nitrogens with one attached hydrogen (secondary N) is 1. The van der Waals surface area contributed by atoms with Crippen molar-refractivity contribution in [2.45, 2.75) is 46.1 Å². The van der Waals surface area contributed by atoms with Crippen molar-refractivity contribution in [1.82, 2.24) is 20.4 Å². The van der Waals surface area contributed by atoms with Crippen molar-refractivity contribution in [3.63, 3.8) is 0 Å². The minimum absolute atomic E-state index is 0.142. The predicted octanol–water partition coefficient (Wildman–Crippen LogP) is 5.40. The summed E-state index contributed by atoms with van der Waals surface area (Å²) in [5, 5.41) is 7.41. The summed E-state index contributed by atoms with van der Waals surface area (Å²) in [6.45, 7) is 7.30. The highest BCUT2D eigenvalue weighted by atomic mass is 16.5. The summed E-state index contributed by atoms with van der Waals surface area (Å²) in [6, 6.07) is 15.9. The van der Waals surface area contributed by atoms with E-state index in [1.807, 2.05) is 19.1 Å². The molecule has 178 valence electrons. The molecule has 0 bridgehead atoms. The summed E-state index contributed by atoms with van der Waals surface area (Å²) in [7, 11) is 1.66. The van der Waals surface area contributed by atoms with Crippen molar-refractivity contribution in [1.29, 1.82) is 0 Å². The molecule has 7 nitrogen and oxygen atoms in total. The number of aryl methyl sites for hydroxylation is 2. The van der Waals surface area contributed by atoms with Gasteiger partial charge in [0.15, 0.2) is 0 Å². The van der Waals surface area contributed by atoms with Crippen LogP contribution < -0.4 is 5.32 Å². The first kappa shape index (κ1) is 23.7. The molecule has 0 aliphatic carbocycles. The van der Waals surface area contributed by atoms with E-state index in [0.29, 0.717) is 24.9 Å². The Bertz CT molecular complexity index is 1150. The highest BCUT2D eigenvalue weighted by Gasteiger charge is 2.35. The van der Waals surface area contributed by atoms with E-state index in [9.17, 15) is 4.79 Å². The van der Waals surface area contributed by atoms with E-state index in [-0.39, 0.29) is 12.1 Å². The number of methoxy groups -OCH3 is 1. The third-order valence-corrected chi connectivity index (χ3v) is 6.32. The van der Waals surface area contributed by atoms with Crippen molar-refractivity contribution in [2.75, 3.05) is 20.3 Å². The van der Waals surface area contributed by atoms with E-state index >= 15 is 0 Å². The Morgan fingerprint density at radius 1 is 1.03 bits per heavy atom. The molecule has 0 saturated heterocycles. The highest BCUT2D eigenvalue weighted by molar-refractivity contribution is 5.86. The summed E-state index contributed by atoms with van der Waals surface area (Å²) >= 11 is 0. The molecule has 7 heteroatoms. The zero-order chi connectivity index (χ0) is 24.1. The Morgan fingerprint density at radius 3 is 2.29 bits per heavy atom. The van der Waals surface area contributed by atoms with Crippen molar-refractivity contribution in [3.8, 4) is 11.4 Å². The zero-order valence-electron chi connectivity index (χ0n) is 20.3. The SMILES string of the molecule is CCc1ccc(-c2noc(C3=C(C)N(CCCOC)C(=O)NC3c3ccc(CC)cc3)n2)cc1. The van der Waals surface area contributed by atoms with Crippen LogP contribution in [-0.4, -0.2) is 41.3 Å². The van der Waals surface area contributed by atoms with E-state index < -0.39 is 0 Å². The van der Waals surface area contributed by atoms with Gasteiger partial charge in [-0.3, -0.25) is 4.90 Å². The number of hydrogen-bond donors (Lipinski definition) is 1. The third-order valence-electron chi connectivity index (χ3n) is 6.32. The number of aromatic nitrogens is 2. The van der Waals surface area contributed by atoms with E-state index in [4.69, 9.17) is 14.2 Å². The average Bonchev–Trinajstić information content (AvgIpc) is 3.35. The van der Waals surface area contributed by atoms with Gasteiger partial charge in [-0.15, -0.1) is 0 Å². The minimum Gasteiger partial charge on any atom is -0.385 e. The number of carbonyl (C=O) groups excluding carboxylic acids is 1. The topological polar surface area (TPSA) is 80.5 Å². The Kier molecular flexibility index (Phi) is 7.43. The first-order valence-corrected chi connectivity index (χ1v) is 11.9. The molecule has 3 aromatic rings. The molecule has 34 heavy (non-hydrogen) atoms. The molecule has 1 aromatic heterocycles. The number of ether oxygens (including phenoxy) is 1. The van der Waals surface area contributed by atoms with Gasteiger partial charge in [0.1, 0.15) is 0 Å². The van der Waals surface area contributed by atoms with Crippen molar-refractivity contribution < 1.29 is 14.1 Å². The summed E-state index contributed by atoms with van der Waals surface area (Å²) in [6.07, 6.45) is 2.65. The fourth-order valence-electron chi connectivity index (χ4n) is 4.23. The molecule has 4 rings (SSSR count). The number of allylic oxidation sites excluding steroid dienone is 1. The van der Waals surface area contributed by atoms with Gasteiger partial charge in [0.05, 0.1) is 11.6 Å². The molecule has 1 aliphatic rings. The average molecular weight is 461 g/mol. The predicted molar refractivity (Wildman–Crippen MR) is 132 cm³/mol. The standard InChI is InChI=1S/C27H32N4O3/c1-5-19-8-12-21(13-9-19)24-23(18(3)31(27(32)28-24)16-7-17-33-4)26-29-25(30-34-26)22-14-10-20(6-2)11-15-22/h8-15,24H,5-7,16-17H2,1-4H3,(H,28,32). The van der Waals surface area contributed by atoms with Crippen LogP contribution in [0.3, 0.4) is 0 Å². The van der Waals surface area contributed by atoms with Crippen molar-refractivity contribution >= 4 is 11.6 Å². The van der Waals surface area contributed by atoms with Crippen LogP contribution >= 0.6 is 0 Å². The lowest BCUT2D eigenvalue weighted by Crippen LogP contribution is -2.46. The number of urea groups is 1. The van der Waals surface area contributed by atoms with E-state index in [1.54, 1.807) is 12.0 Å². The first-order chi connectivity index (χ1) is 16.5. The molecular weight excluding hydrogens is 428 g/mol. The molecule has 0 saturated carbocycles. The summed E-state index contributed by atoms with van der Waals surface area (Å²) in [5.41, 5.74) is 5.98. The van der Waals surface area contributed by atoms with Gasteiger partial charge in [0, 0.05) is 31.5 Å². The molecule has 0 fully saturated rings. The second-order valence-electron chi connectivity index (χ2n) is 8.45. The fourth-order valence-corrected chi connectivity index (χ4v) is 4.23. The number of carbonyl (C=O) groups is 1. The fraction of sp³-hybridized carbons (Fsp3) is 0.370. The molecule has 1 N–H and O–H groups in total. The largest absolute Gasteiger partial charge is 0.385 e. The van der Waals surface area contributed by atoms with Crippen LogP contribution in [0.25, 0.3) is 17.0 Å². The monoisotopic (exact) mass is 460 g/mol. The maximum Gasteiger partial charge on any atom is 0.322 e. The van der Waals surface area contributed by atoms with Crippen molar-refractivity contribution in [2.24, 2.45) is 0 Å². The van der Waals surface area contributed by atoms with Gasteiger partial charge in [-0.1, -0.05) is 67.5 Å². The number of benzene rings is 2. The smallest absolute Gasteiger partial charge is 0.322 e. The lowest BCUT2D eigenvalue weighted by Gasteiger charge is -2.35. The molecule has 2 aromatic carbocycles. The number of amides is 2. The molecule has 2 amide bonds. The molecule has 2 heterocycles. The second kappa shape index (κ2) is 10.7. The minimum atomic E-state index is -0.382. The molecule has 0 spiro atoms. The Hall–Kier alpha value is -3.45. The summed E-state index contributed by atoms with van der Waals surface area (Å²) in [5.74, 6) is 0.939. The van der Waals surface area contributed by atoms with Gasteiger partial charge >= 0.3 is 6.03 Å². The number of hydrogen-bond acceptors (Lipinski definition) is 5. The van der Waals surface area contributed by atoms with E-state index in [0.717, 1.165) is 41.7 Å². The number of nitrogens with zero attached hydrogens (tertiary/aromatic N) is 3. The maximum atomic E-state index is 13.0.